The zero-order chi connectivity index (χ0) is 31.8. The van der Waals surface area contributed by atoms with Crippen LogP contribution in [0.5, 0.6) is 0 Å². The number of ether oxygens (including phenoxy) is 1. The topological polar surface area (TPSA) is 111 Å². The predicted octanol–water partition coefficient (Wildman–Crippen LogP) is 5.22. The Labute approximate surface area is 266 Å². The molecule has 1 aromatic carbocycles. The van der Waals surface area contributed by atoms with Crippen LogP contribution in [0.25, 0.3) is 0 Å². The smallest absolute Gasteiger partial charge is 0.418 e. The highest BCUT2D eigenvalue weighted by atomic mass is 79.9. The number of piperidine rings is 2. The van der Waals surface area contributed by atoms with Gasteiger partial charge in [-0.05, 0) is 84.9 Å². The summed E-state index contributed by atoms with van der Waals surface area (Å²) in [7, 11) is 3.95. The summed E-state index contributed by atoms with van der Waals surface area (Å²) in [5.74, 6) is -0.441. The molecule has 44 heavy (non-hydrogen) atoms. The Balaban J connectivity index is 1.28. The molecule has 3 N–H and O–H groups in total. The molecule has 0 saturated carbocycles. The van der Waals surface area contributed by atoms with Crippen LogP contribution in [0.4, 0.5) is 34.1 Å². The number of nitrogens with one attached hydrogen (secondary N) is 1. The molecule has 0 spiro atoms. The minimum Gasteiger partial charge on any atom is -0.436 e. The molecular weight excluding hydrogens is 665 g/mol. The van der Waals surface area contributed by atoms with Crippen molar-refractivity contribution in [2.75, 3.05) is 51.3 Å². The molecule has 2 saturated heterocycles. The van der Waals surface area contributed by atoms with Gasteiger partial charge in [-0.2, -0.15) is 13.2 Å². The van der Waals surface area contributed by atoms with E-state index < -0.39 is 35.5 Å². The fourth-order valence-corrected chi connectivity index (χ4v) is 7.40. The van der Waals surface area contributed by atoms with Crippen LogP contribution in [-0.4, -0.2) is 96.1 Å². The SMILES string of the molecule is CN(C)C1CCN(C(=O)[C@@H](Cc2cc(Br)c(N)c(C(F)(F)F)c2)OC(=O)N2CCC(N3Cc4sccc4NC3=O)CC2)CC1. The van der Waals surface area contributed by atoms with E-state index in [-0.39, 0.29) is 28.5 Å². The monoisotopic (exact) mass is 700 g/mol. The second-order valence-corrected chi connectivity index (χ2v) is 13.5. The number of alkyl halides is 3. The van der Waals surface area contributed by atoms with Gasteiger partial charge in [-0.1, -0.05) is 0 Å². The number of hydrogen-bond acceptors (Lipinski definition) is 7. The first-order chi connectivity index (χ1) is 20.8. The number of likely N-dealkylation sites (tertiary alicyclic amines) is 2. The van der Waals surface area contributed by atoms with Gasteiger partial charge in [0.2, 0.25) is 0 Å². The molecule has 240 valence electrons. The summed E-state index contributed by atoms with van der Waals surface area (Å²) in [5.41, 5.74) is 5.20. The molecule has 0 radical (unpaired) electrons. The van der Waals surface area contributed by atoms with E-state index in [1.807, 2.05) is 25.5 Å². The van der Waals surface area contributed by atoms with Crippen molar-refractivity contribution in [3.05, 3.63) is 44.1 Å². The molecule has 0 aliphatic carbocycles. The van der Waals surface area contributed by atoms with Gasteiger partial charge in [0.25, 0.3) is 5.91 Å². The number of amides is 4. The summed E-state index contributed by atoms with van der Waals surface area (Å²) < 4.78 is 46.9. The fraction of sp³-hybridized carbons (Fsp3) is 0.552. The lowest BCUT2D eigenvalue weighted by Crippen LogP contribution is -2.52. The molecule has 3 aliphatic heterocycles. The second kappa shape index (κ2) is 13.1. The van der Waals surface area contributed by atoms with Crippen LogP contribution in [0.15, 0.2) is 28.1 Å². The van der Waals surface area contributed by atoms with Gasteiger partial charge in [0.15, 0.2) is 6.10 Å². The number of rotatable bonds is 6. The Bertz CT molecular complexity index is 1390. The molecule has 10 nitrogen and oxygen atoms in total. The maximum atomic E-state index is 13.7. The summed E-state index contributed by atoms with van der Waals surface area (Å²) in [6, 6.07) is 4.26. The summed E-state index contributed by atoms with van der Waals surface area (Å²) >= 11 is 4.68. The van der Waals surface area contributed by atoms with Gasteiger partial charge in [0.05, 0.1) is 23.5 Å². The number of anilines is 2. The molecule has 2 fully saturated rings. The van der Waals surface area contributed by atoms with Crippen molar-refractivity contribution in [2.24, 2.45) is 0 Å². The minimum absolute atomic E-state index is 0.0464. The Morgan fingerprint density at radius 1 is 1.14 bits per heavy atom. The van der Waals surface area contributed by atoms with Crippen molar-refractivity contribution in [1.82, 2.24) is 19.6 Å². The fourth-order valence-electron chi connectivity index (χ4n) is 6.07. The molecule has 15 heteroatoms. The highest BCUT2D eigenvalue weighted by Gasteiger charge is 2.38. The third-order valence-electron chi connectivity index (χ3n) is 8.67. The van der Waals surface area contributed by atoms with Crippen molar-refractivity contribution in [2.45, 2.75) is 63.0 Å². The van der Waals surface area contributed by atoms with Crippen LogP contribution in [0.2, 0.25) is 0 Å². The lowest BCUT2D eigenvalue weighted by molar-refractivity contribution is -0.142. The van der Waals surface area contributed by atoms with Crippen molar-refractivity contribution in [3.63, 3.8) is 0 Å². The maximum absolute atomic E-state index is 13.7. The van der Waals surface area contributed by atoms with E-state index >= 15 is 0 Å². The summed E-state index contributed by atoms with van der Waals surface area (Å²) in [6.07, 6.45) is -4.46. The largest absolute Gasteiger partial charge is 0.436 e. The molecule has 2 aromatic rings. The number of fused-ring (bicyclic) bond motifs is 1. The highest BCUT2D eigenvalue weighted by molar-refractivity contribution is 9.10. The van der Waals surface area contributed by atoms with Crippen LogP contribution in [0, 0.1) is 0 Å². The average Bonchev–Trinajstić information content (AvgIpc) is 3.44. The van der Waals surface area contributed by atoms with E-state index in [0.29, 0.717) is 51.6 Å². The van der Waals surface area contributed by atoms with E-state index in [1.54, 1.807) is 21.1 Å². The molecule has 3 aliphatic rings. The Morgan fingerprint density at radius 2 is 1.80 bits per heavy atom. The van der Waals surface area contributed by atoms with Crippen molar-refractivity contribution in [3.8, 4) is 0 Å². The van der Waals surface area contributed by atoms with Crippen molar-refractivity contribution in [1.29, 1.82) is 0 Å². The number of nitrogen functional groups attached to an aromatic ring is 1. The highest BCUT2D eigenvalue weighted by Crippen LogP contribution is 2.38. The van der Waals surface area contributed by atoms with Gasteiger partial charge in [-0.25, -0.2) is 9.59 Å². The van der Waals surface area contributed by atoms with E-state index in [0.717, 1.165) is 29.5 Å². The predicted molar refractivity (Wildman–Crippen MR) is 164 cm³/mol. The van der Waals surface area contributed by atoms with Gasteiger partial charge < -0.3 is 35.4 Å². The van der Waals surface area contributed by atoms with Crippen LogP contribution in [0.3, 0.4) is 0 Å². The number of thiophene rings is 1. The lowest BCUT2D eigenvalue weighted by Gasteiger charge is -2.40. The molecule has 5 rings (SSSR count). The number of benzene rings is 1. The third-order valence-corrected chi connectivity index (χ3v) is 10.2. The standard InChI is InChI=1S/C29H36BrF3N6O4S/c1-36(2)18-3-8-37(9-4-18)26(40)23(15-17-13-20(29(31,32)33)25(34)21(30)14-17)43-28(42)38-10-5-19(6-11-38)39-16-24-22(7-12-44-24)35-27(39)41/h7,12-14,18-19,23H,3-6,8-11,15-16,34H2,1-2H3,(H,35,41)/t23-/m1/s1. The number of carbonyl (C=O) groups is 3. The van der Waals surface area contributed by atoms with Gasteiger partial charge in [-0.3, -0.25) is 4.79 Å². The van der Waals surface area contributed by atoms with Crippen molar-refractivity contribution >= 4 is 56.7 Å². The number of urea groups is 1. The van der Waals surface area contributed by atoms with Crippen LogP contribution < -0.4 is 11.1 Å². The van der Waals surface area contributed by atoms with Crippen LogP contribution in [-0.2, 0) is 28.7 Å². The molecule has 4 amide bonds. The molecule has 1 atom stereocenters. The van der Waals surface area contributed by atoms with E-state index in [4.69, 9.17) is 10.5 Å². The number of carbonyl (C=O) groups excluding carboxylic acids is 3. The molecule has 0 unspecified atom stereocenters. The zero-order valence-electron chi connectivity index (χ0n) is 24.5. The number of nitrogens with zero attached hydrogens (tertiary/aromatic N) is 4. The number of hydrogen-bond donors (Lipinski definition) is 2. The van der Waals surface area contributed by atoms with Gasteiger partial charge in [0, 0.05) is 54.0 Å². The minimum atomic E-state index is -4.70. The van der Waals surface area contributed by atoms with Gasteiger partial charge >= 0.3 is 18.3 Å². The molecule has 4 heterocycles. The van der Waals surface area contributed by atoms with Gasteiger partial charge in [-0.15, -0.1) is 11.3 Å². The van der Waals surface area contributed by atoms with E-state index in [1.165, 1.54) is 11.0 Å². The first kappa shape index (κ1) is 32.4. The molecule has 0 bridgehead atoms. The van der Waals surface area contributed by atoms with Crippen molar-refractivity contribution < 1.29 is 32.3 Å². The number of nitrogens with two attached hydrogens (primary N) is 1. The van der Waals surface area contributed by atoms with Crippen LogP contribution in [0.1, 0.15) is 41.7 Å². The summed E-state index contributed by atoms with van der Waals surface area (Å²) in [5, 5.41) is 4.84. The molecular formula is C29H36BrF3N6O4S. The van der Waals surface area contributed by atoms with E-state index in [2.05, 4.69) is 26.1 Å². The summed E-state index contributed by atoms with van der Waals surface area (Å²) in [4.78, 5) is 47.8. The molecule has 1 aromatic heterocycles. The zero-order valence-corrected chi connectivity index (χ0v) is 26.9. The normalized spacial score (nSPS) is 19.2. The lowest BCUT2D eigenvalue weighted by atomic mass is 10.00. The maximum Gasteiger partial charge on any atom is 0.418 e. The van der Waals surface area contributed by atoms with E-state index in [9.17, 15) is 27.6 Å². The second-order valence-electron chi connectivity index (χ2n) is 11.7. The summed E-state index contributed by atoms with van der Waals surface area (Å²) in [6.45, 7) is 2.03. The average molecular weight is 702 g/mol. The van der Waals surface area contributed by atoms with Gasteiger partial charge in [0.1, 0.15) is 0 Å². The number of halogens is 4. The first-order valence-electron chi connectivity index (χ1n) is 14.5. The quantitative estimate of drug-likeness (QED) is 0.400. The van der Waals surface area contributed by atoms with Crippen LogP contribution >= 0.6 is 27.3 Å². The Morgan fingerprint density at radius 3 is 2.43 bits per heavy atom. The Kier molecular flexibility index (Phi) is 9.66. The third kappa shape index (κ3) is 7.09. The Hall–Kier alpha value is -3.04. The first-order valence-corrected chi connectivity index (χ1v) is 16.2.